The van der Waals surface area contributed by atoms with E-state index in [9.17, 15) is 9.59 Å². The highest BCUT2D eigenvalue weighted by atomic mass is 79.9. The molecule has 1 saturated heterocycles. The van der Waals surface area contributed by atoms with Crippen LogP contribution in [0.25, 0.3) is 0 Å². The molecule has 0 spiro atoms. The van der Waals surface area contributed by atoms with Crippen LogP contribution in [0.3, 0.4) is 0 Å². The second-order valence-electron chi connectivity index (χ2n) is 5.75. The van der Waals surface area contributed by atoms with Gasteiger partial charge < -0.3 is 10.1 Å². The molecule has 3 rings (SSSR count). The topological polar surface area (TPSA) is 58.6 Å². The Morgan fingerprint density at radius 3 is 2.33 bits per heavy atom. The second-order valence-corrected chi connectivity index (χ2v) is 7.04. The first-order valence-corrected chi connectivity index (χ1v) is 8.96. The normalized spacial score (nSPS) is 22.5. The molecule has 24 heavy (non-hydrogen) atoms. The number of nitrogens with one attached hydrogen (secondary N) is 1. The zero-order chi connectivity index (χ0) is 17.1. The van der Waals surface area contributed by atoms with Crippen LogP contribution in [0.5, 0.6) is 0 Å². The average Bonchev–Trinajstić information content (AvgIpc) is 2.82. The van der Waals surface area contributed by atoms with Crippen LogP contribution in [0, 0.1) is 11.8 Å². The Morgan fingerprint density at radius 2 is 1.75 bits per heavy atom. The SMILES string of the molecule is O=C1[C@H]2CC=CC[C@H]2C(=O)N1CCOC(=S)Nc1ccc(Br)cc1. The van der Waals surface area contributed by atoms with Crippen LogP contribution in [0.2, 0.25) is 0 Å². The zero-order valence-electron chi connectivity index (χ0n) is 12.9. The number of hydrogen-bond acceptors (Lipinski definition) is 4. The molecule has 1 heterocycles. The van der Waals surface area contributed by atoms with Gasteiger partial charge in [-0.1, -0.05) is 28.1 Å². The van der Waals surface area contributed by atoms with Gasteiger partial charge in [-0.25, -0.2) is 0 Å². The Balaban J connectivity index is 1.48. The van der Waals surface area contributed by atoms with Gasteiger partial charge in [0.05, 0.1) is 18.4 Å². The summed E-state index contributed by atoms with van der Waals surface area (Å²) in [6.07, 6.45) is 5.25. The molecular weight excluding hydrogens is 392 g/mol. The Kier molecular flexibility index (Phi) is 5.30. The molecule has 2 atom stereocenters. The molecule has 5 nitrogen and oxygen atoms in total. The summed E-state index contributed by atoms with van der Waals surface area (Å²) in [5, 5.41) is 3.17. The first-order chi connectivity index (χ1) is 11.6. The van der Waals surface area contributed by atoms with E-state index < -0.39 is 0 Å². The van der Waals surface area contributed by atoms with Crippen LogP contribution >= 0.6 is 28.1 Å². The molecule has 0 saturated carbocycles. The van der Waals surface area contributed by atoms with Gasteiger partial charge in [0.15, 0.2) is 0 Å². The predicted octanol–water partition coefficient (Wildman–Crippen LogP) is 3.11. The lowest BCUT2D eigenvalue weighted by molar-refractivity contribution is -0.140. The number of ether oxygens (including phenoxy) is 1. The largest absolute Gasteiger partial charge is 0.469 e. The van der Waals surface area contributed by atoms with Crippen molar-refractivity contribution in [3.05, 3.63) is 40.9 Å². The van der Waals surface area contributed by atoms with Crippen molar-refractivity contribution in [3.8, 4) is 0 Å². The van der Waals surface area contributed by atoms with E-state index in [2.05, 4.69) is 21.2 Å². The quantitative estimate of drug-likeness (QED) is 0.471. The lowest BCUT2D eigenvalue weighted by Crippen LogP contribution is -2.35. The van der Waals surface area contributed by atoms with Crippen LogP contribution in [-0.2, 0) is 14.3 Å². The Morgan fingerprint density at radius 1 is 1.17 bits per heavy atom. The zero-order valence-corrected chi connectivity index (χ0v) is 15.3. The van der Waals surface area contributed by atoms with Crippen LogP contribution in [0.4, 0.5) is 5.69 Å². The van der Waals surface area contributed by atoms with Gasteiger partial charge in [0.25, 0.3) is 5.17 Å². The van der Waals surface area contributed by atoms with E-state index in [1.165, 1.54) is 4.90 Å². The molecule has 2 amide bonds. The fourth-order valence-corrected chi connectivity index (χ4v) is 3.47. The third-order valence-corrected chi connectivity index (χ3v) is 4.99. The predicted molar refractivity (Wildman–Crippen MR) is 98.4 cm³/mol. The van der Waals surface area contributed by atoms with Crippen molar-refractivity contribution >= 4 is 50.8 Å². The molecule has 0 unspecified atom stereocenters. The maximum Gasteiger partial charge on any atom is 0.261 e. The van der Waals surface area contributed by atoms with Crippen molar-refractivity contribution in [1.29, 1.82) is 0 Å². The van der Waals surface area contributed by atoms with Crippen LogP contribution < -0.4 is 5.32 Å². The van der Waals surface area contributed by atoms with Gasteiger partial charge in [-0.2, -0.15) is 0 Å². The molecule has 0 aromatic heterocycles. The van der Waals surface area contributed by atoms with Crippen LogP contribution in [-0.4, -0.2) is 35.0 Å². The van der Waals surface area contributed by atoms with Crippen molar-refractivity contribution < 1.29 is 14.3 Å². The molecule has 2 aliphatic rings. The first kappa shape index (κ1) is 17.1. The number of carbonyl (C=O) groups excluding carboxylic acids is 2. The third kappa shape index (κ3) is 3.67. The van der Waals surface area contributed by atoms with E-state index in [-0.39, 0.29) is 42.0 Å². The number of likely N-dealkylation sites (tertiary alicyclic amines) is 1. The highest BCUT2D eigenvalue weighted by Crippen LogP contribution is 2.34. The number of anilines is 1. The highest BCUT2D eigenvalue weighted by molar-refractivity contribution is 9.10. The molecule has 1 aliphatic heterocycles. The summed E-state index contributed by atoms with van der Waals surface area (Å²) in [7, 11) is 0. The van der Waals surface area contributed by atoms with E-state index in [0.717, 1.165) is 10.2 Å². The minimum absolute atomic E-state index is 0.0928. The monoisotopic (exact) mass is 408 g/mol. The molecule has 1 aliphatic carbocycles. The molecule has 1 fully saturated rings. The fourth-order valence-electron chi connectivity index (χ4n) is 3.01. The molecule has 7 heteroatoms. The van der Waals surface area contributed by atoms with Crippen molar-refractivity contribution in [3.63, 3.8) is 0 Å². The molecule has 1 N–H and O–H groups in total. The average molecular weight is 409 g/mol. The van der Waals surface area contributed by atoms with Gasteiger partial charge in [-0.15, -0.1) is 0 Å². The third-order valence-electron chi connectivity index (χ3n) is 4.24. The van der Waals surface area contributed by atoms with Gasteiger partial charge in [-0.05, 0) is 49.3 Å². The smallest absolute Gasteiger partial charge is 0.261 e. The standard InChI is InChI=1S/C17H17BrN2O3S/c18-11-5-7-12(8-6-11)19-17(24)23-10-9-20-15(21)13-3-1-2-4-14(13)16(20)22/h1-2,5-8,13-14H,3-4,9-10H2,(H,19,24)/t13-,14+. The summed E-state index contributed by atoms with van der Waals surface area (Å²) in [5.74, 6) is -0.583. The maximum absolute atomic E-state index is 12.3. The number of allylic oxidation sites excluding steroid dienone is 2. The number of thiocarbonyl (C=S) groups is 1. The Hall–Kier alpha value is -1.73. The van der Waals surface area contributed by atoms with Gasteiger partial charge in [-0.3, -0.25) is 14.5 Å². The summed E-state index contributed by atoms with van der Waals surface area (Å²) in [4.78, 5) is 25.9. The number of amides is 2. The van der Waals surface area contributed by atoms with E-state index in [4.69, 9.17) is 17.0 Å². The summed E-state index contributed by atoms with van der Waals surface area (Å²) >= 11 is 8.49. The number of nitrogens with zero attached hydrogens (tertiary/aromatic N) is 1. The molecule has 0 bridgehead atoms. The first-order valence-electron chi connectivity index (χ1n) is 7.76. The van der Waals surface area contributed by atoms with Crippen LogP contribution in [0.15, 0.2) is 40.9 Å². The van der Waals surface area contributed by atoms with Gasteiger partial charge >= 0.3 is 0 Å². The maximum atomic E-state index is 12.3. The molecule has 126 valence electrons. The number of halogens is 1. The molecular formula is C17H17BrN2O3S. The summed E-state index contributed by atoms with van der Waals surface area (Å²) in [5.41, 5.74) is 0.814. The summed E-state index contributed by atoms with van der Waals surface area (Å²) in [6, 6.07) is 7.51. The summed E-state index contributed by atoms with van der Waals surface area (Å²) in [6.45, 7) is 0.416. The number of benzene rings is 1. The highest BCUT2D eigenvalue weighted by Gasteiger charge is 2.46. The second kappa shape index (κ2) is 7.44. The van der Waals surface area contributed by atoms with Crippen LogP contribution in [0.1, 0.15) is 12.8 Å². The van der Waals surface area contributed by atoms with Gasteiger partial charge in [0, 0.05) is 10.2 Å². The number of imide groups is 1. The Labute approximate surface area is 154 Å². The minimum Gasteiger partial charge on any atom is -0.469 e. The van der Waals surface area contributed by atoms with E-state index in [1.807, 2.05) is 36.4 Å². The van der Waals surface area contributed by atoms with Crippen molar-refractivity contribution in [1.82, 2.24) is 4.90 Å². The van der Waals surface area contributed by atoms with E-state index >= 15 is 0 Å². The fraction of sp³-hybridized carbons (Fsp3) is 0.353. The van der Waals surface area contributed by atoms with Crippen molar-refractivity contribution in [2.24, 2.45) is 11.8 Å². The van der Waals surface area contributed by atoms with E-state index in [1.54, 1.807) is 0 Å². The Bertz CT molecular complexity index is 664. The van der Waals surface area contributed by atoms with E-state index in [0.29, 0.717) is 12.8 Å². The molecule has 1 aromatic rings. The number of hydrogen-bond donors (Lipinski definition) is 1. The molecule has 0 radical (unpaired) electrons. The number of carbonyl (C=O) groups is 2. The summed E-state index contributed by atoms with van der Waals surface area (Å²) < 4.78 is 6.41. The van der Waals surface area contributed by atoms with Crippen molar-refractivity contribution in [2.75, 3.05) is 18.5 Å². The number of rotatable bonds is 4. The van der Waals surface area contributed by atoms with Crippen molar-refractivity contribution in [2.45, 2.75) is 12.8 Å². The van der Waals surface area contributed by atoms with Gasteiger partial charge in [0.2, 0.25) is 11.8 Å². The molecule has 1 aromatic carbocycles. The lowest BCUT2D eigenvalue weighted by Gasteiger charge is -2.16. The van der Waals surface area contributed by atoms with Gasteiger partial charge in [0.1, 0.15) is 6.61 Å². The number of fused-ring (bicyclic) bond motifs is 1. The lowest BCUT2D eigenvalue weighted by atomic mass is 9.85. The minimum atomic E-state index is -0.199.